The van der Waals surface area contributed by atoms with Gasteiger partial charge in [-0.15, -0.1) is 0 Å². The fourth-order valence-corrected chi connectivity index (χ4v) is 3.86. The van der Waals surface area contributed by atoms with Crippen molar-refractivity contribution in [2.24, 2.45) is 17.8 Å². The molecule has 1 saturated carbocycles. The van der Waals surface area contributed by atoms with E-state index in [-0.39, 0.29) is 11.7 Å². The molecule has 3 rings (SSSR count). The molecular formula is C22H26O6. The highest BCUT2D eigenvalue weighted by Crippen LogP contribution is 2.35. The summed E-state index contributed by atoms with van der Waals surface area (Å²) in [6, 6.07) is 8.27. The van der Waals surface area contributed by atoms with Gasteiger partial charge in [0.25, 0.3) is 0 Å². The molecule has 1 aromatic carbocycles. The van der Waals surface area contributed by atoms with E-state index in [9.17, 15) is 14.4 Å². The van der Waals surface area contributed by atoms with E-state index in [0.29, 0.717) is 28.7 Å². The Balaban J connectivity index is 1.62. The summed E-state index contributed by atoms with van der Waals surface area (Å²) in [4.78, 5) is 36.5. The van der Waals surface area contributed by atoms with Gasteiger partial charge in [-0.2, -0.15) is 0 Å². The Bertz CT molecular complexity index is 913. The summed E-state index contributed by atoms with van der Waals surface area (Å²) in [5.74, 6) is -0.270. The van der Waals surface area contributed by atoms with Crippen molar-refractivity contribution in [3.8, 4) is 0 Å². The zero-order valence-corrected chi connectivity index (χ0v) is 16.5. The Hall–Kier alpha value is -2.63. The number of esters is 2. The molecule has 6 heteroatoms. The van der Waals surface area contributed by atoms with Crippen LogP contribution in [0.5, 0.6) is 0 Å². The molecule has 1 heterocycles. The number of hydrogen-bond donors (Lipinski definition) is 0. The topological polar surface area (TPSA) is 82.8 Å². The van der Waals surface area contributed by atoms with Gasteiger partial charge in [-0.05, 0) is 42.7 Å². The summed E-state index contributed by atoms with van der Waals surface area (Å²) < 4.78 is 15.7. The van der Waals surface area contributed by atoms with Crippen molar-refractivity contribution in [3.63, 3.8) is 0 Å². The van der Waals surface area contributed by atoms with Gasteiger partial charge in [0, 0.05) is 5.39 Å². The SMILES string of the molecule is CC1CCC(C(C)C)C(OC(=O)COC(=O)c2cc3ccccc3oc2=O)C1. The normalized spacial score (nSPS) is 22.2. The molecule has 28 heavy (non-hydrogen) atoms. The Morgan fingerprint density at radius 2 is 1.96 bits per heavy atom. The van der Waals surface area contributed by atoms with Gasteiger partial charge in [-0.3, -0.25) is 0 Å². The van der Waals surface area contributed by atoms with Crippen LogP contribution in [0.1, 0.15) is 50.4 Å². The zero-order valence-electron chi connectivity index (χ0n) is 16.5. The van der Waals surface area contributed by atoms with E-state index in [1.807, 2.05) is 0 Å². The number of rotatable bonds is 5. The van der Waals surface area contributed by atoms with Crippen molar-refractivity contribution in [3.05, 3.63) is 46.3 Å². The number of para-hydroxylation sites is 1. The van der Waals surface area contributed by atoms with Crippen LogP contribution in [-0.2, 0) is 14.3 Å². The van der Waals surface area contributed by atoms with Gasteiger partial charge in [0.05, 0.1) is 0 Å². The van der Waals surface area contributed by atoms with Crippen molar-refractivity contribution < 1.29 is 23.5 Å². The van der Waals surface area contributed by atoms with Gasteiger partial charge < -0.3 is 13.9 Å². The molecule has 1 aromatic heterocycles. The fraction of sp³-hybridized carbons (Fsp3) is 0.500. The van der Waals surface area contributed by atoms with Crippen molar-refractivity contribution >= 4 is 22.9 Å². The maximum absolute atomic E-state index is 12.2. The predicted molar refractivity (Wildman–Crippen MR) is 104 cm³/mol. The molecule has 0 spiro atoms. The van der Waals surface area contributed by atoms with E-state index < -0.39 is 24.2 Å². The lowest BCUT2D eigenvalue weighted by Crippen LogP contribution is -2.37. The second-order valence-corrected chi connectivity index (χ2v) is 7.92. The standard InChI is InChI=1S/C22H26O6/c1-13(2)16-9-8-14(3)10-19(16)27-20(23)12-26-21(24)17-11-15-6-4-5-7-18(15)28-22(17)25/h4-7,11,13-14,16,19H,8-10,12H2,1-3H3. The highest BCUT2D eigenvalue weighted by molar-refractivity contribution is 5.93. The lowest BCUT2D eigenvalue weighted by atomic mass is 9.75. The van der Waals surface area contributed by atoms with E-state index in [0.717, 1.165) is 19.3 Å². The highest BCUT2D eigenvalue weighted by Gasteiger charge is 2.33. The first-order valence-corrected chi connectivity index (χ1v) is 9.74. The molecule has 0 bridgehead atoms. The number of benzene rings is 1. The Morgan fingerprint density at radius 3 is 2.71 bits per heavy atom. The van der Waals surface area contributed by atoms with Gasteiger partial charge in [0.15, 0.2) is 6.61 Å². The summed E-state index contributed by atoms with van der Waals surface area (Å²) in [7, 11) is 0. The second kappa shape index (κ2) is 8.59. The molecule has 3 atom stereocenters. The molecule has 6 nitrogen and oxygen atoms in total. The van der Waals surface area contributed by atoms with Crippen LogP contribution in [0.2, 0.25) is 0 Å². The third-order valence-electron chi connectivity index (χ3n) is 5.43. The van der Waals surface area contributed by atoms with E-state index in [1.54, 1.807) is 24.3 Å². The van der Waals surface area contributed by atoms with Gasteiger partial charge in [-0.25, -0.2) is 14.4 Å². The van der Waals surface area contributed by atoms with Crippen LogP contribution in [0.4, 0.5) is 0 Å². The highest BCUT2D eigenvalue weighted by atomic mass is 16.6. The minimum Gasteiger partial charge on any atom is -0.460 e. The van der Waals surface area contributed by atoms with Gasteiger partial charge in [-0.1, -0.05) is 45.4 Å². The molecule has 0 radical (unpaired) electrons. The monoisotopic (exact) mass is 386 g/mol. The van der Waals surface area contributed by atoms with Crippen LogP contribution in [0.25, 0.3) is 11.0 Å². The van der Waals surface area contributed by atoms with E-state index >= 15 is 0 Å². The zero-order chi connectivity index (χ0) is 20.3. The number of carbonyl (C=O) groups is 2. The Kier molecular flexibility index (Phi) is 6.17. The lowest BCUT2D eigenvalue weighted by molar-refractivity contribution is -0.159. The van der Waals surface area contributed by atoms with Crippen molar-refractivity contribution in [2.45, 2.75) is 46.1 Å². The number of fused-ring (bicyclic) bond motifs is 1. The van der Waals surface area contributed by atoms with Crippen LogP contribution in [0.3, 0.4) is 0 Å². The van der Waals surface area contributed by atoms with Crippen LogP contribution >= 0.6 is 0 Å². The summed E-state index contributed by atoms with van der Waals surface area (Å²) in [5, 5.41) is 0.604. The molecule has 150 valence electrons. The Morgan fingerprint density at radius 1 is 1.21 bits per heavy atom. The largest absolute Gasteiger partial charge is 0.460 e. The summed E-state index contributed by atoms with van der Waals surface area (Å²) in [6.07, 6.45) is 2.80. The molecule has 0 aliphatic heterocycles. The third-order valence-corrected chi connectivity index (χ3v) is 5.43. The summed E-state index contributed by atoms with van der Waals surface area (Å²) in [6.45, 7) is 5.87. The van der Waals surface area contributed by atoms with Crippen LogP contribution in [0.15, 0.2) is 39.5 Å². The van der Waals surface area contributed by atoms with Crippen molar-refractivity contribution in [1.29, 1.82) is 0 Å². The Labute approximate surface area is 163 Å². The smallest absolute Gasteiger partial charge is 0.351 e. The second-order valence-electron chi connectivity index (χ2n) is 7.92. The maximum atomic E-state index is 12.2. The third kappa shape index (κ3) is 4.61. The molecule has 1 aliphatic rings. The first-order valence-electron chi connectivity index (χ1n) is 9.74. The first-order chi connectivity index (χ1) is 13.3. The molecule has 3 unspecified atom stereocenters. The van der Waals surface area contributed by atoms with Crippen LogP contribution in [-0.4, -0.2) is 24.6 Å². The number of ether oxygens (including phenoxy) is 2. The fourth-order valence-electron chi connectivity index (χ4n) is 3.86. The molecular weight excluding hydrogens is 360 g/mol. The summed E-state index contributed by atoms with van der Waals surface area (Å²) in [5.41, 5.74) is -0.648. The maximum Gasteiger partial charge on any atom is 0.351 e. The first kappa shape index (κ1) is 20.1. The lowest BCUT2D eigenvalue weighted by Gasteiger charge is -2.36. The van der Waals surface area contributed by atoms with Gasteiger partial charge in [0.2, 0.25) is 0 Å². The predicted octanol–water partition coefficient (Wildman–Crippen LogP) is 3.95. The van der Waals surface area contributed by atoms with E-state index in [4.69, 9.17) is 13.9 Å². The average Bonchev–Trinajstić information content (AvgIpc) is 2.65. The number of hydrogen-bond acceptors (Lipinski definition) is 6. The van der Waals surface area contributed by atoms with Gasteiger partial charge in [0.1, 0.15) is 17.3 Å². The molecule has 1 aliphatic carbocycles. The quantitative estimate of drug-likeness (QED) is 0.571. The van der Waals surface area contributed by atoms with Crippen molar-refractivity contribution in [1.82, 2.24) is 0 Å². The van der Waals surface area contributed by atoms with Crippen molar-refractivity contribution in [2.75, 3.05) is 6.61 Å². The molecule has 0 amide bonds. The van der Waals surface area contributed by atoms with Gasteiger partial charge >= 0.3 is 17.6 Å². The van der Waals surface area contributed by atoms with E-state index in [1.165, 1.54) is 6.07 Å². The van der Waals surface area contributed by atoms with Crippen LogP contribution < -0.4 is 5.63 Å². The minimum atomic E-state index is -0.895. The number of carbonyl (C=O) groups excluding carboxylic acids is 2. The summed E-state index contributed by atoms with van der Waals surface area (Å²) >= 11 is 0. The molecule has 1 fully saturated rings. The minimum absolute atomic E-state index is 0.166. The molecule has 0 saturated heterocycles. The molecule has 0 N–H and O–H groups in total. The van der Waals surface area contributed by atoms with E-state index in [2.05, 4.69) is 20.8 Å². The average molecular weight is 386 g/mol. The molecule has 2 aromatic rings. The van der Waals surface area contributed by atoms with Crippen LogP contribution in [0, 0.1) is 17.8 Å².